The quantitative estimate of drug-likeness (QED) is 0.909. The first-order valence-electron chi connectivity index (χ1n) is 7.04. The minimum absolute atomic E-state index is 0.102. The molecule has 1 heterocycles. The second-order valence-corrected chi connectivity index (χ2v) is 4.90. The summed E-state index contributed by atoms with van der Waals surface area (Å²) in [6, 6.07) is 12.2. The lowest BCUT2D eigenvalue weighted by Crippen LogP contribution is -2.39. The van der Waals surface area contributed by atoms with E-state index < -0.39 is 0 Å². The molecular formula is C17H16N4O2. The Bertz CT molecular complexity index is 738. The van der Waals surface area contributed by atoms with E-state index in [1.165, 1.54) is 11.8 Å². The molecule has 23 heavy (non-hydrogen) atoms. The summed E-state index contributed by atoms with van der Waals surface area (Å²) in [6.07, 6.45) is 3.30. The van der Waals surface area contributed by atoms with Gasteiger partial charge in [0.15, 0.2) is 0 Å². The third-order valence-corrected chi connectivity index (χ3v) is 3.21. The molecule has 0 bridgehead atoms. The Labute approximate surface area is 134 Å². The molecule has 2 aromatic rings. The average Bonchev–Trinajstić information content (AvgIpc) is 2.58. The summed E-state index contributed by atoms with van der Waals surface area (Å²) in [5.41, 5.74) is 1.88. The van der Waals surface area contributed by atoms with Gasteiger partial charge < -0.3 is 10.2 Å². The molecule has 116 valence electrons. The summed E-state index contributed by atoms with van der Waals surface area (Å²) < 4.78 is 0. The molecule has 0 aliphatic rings. The topological polar surface area (TPSA) is 86.1 Å². The van der Waals surface area contributed by atoms with Crippen LogP contribution >= 0.6 is 0 Å². The zero-order valence-electron chi connectivity index (χ0n) is 12.7. The highest BCUT2D eigenvalue weighted by Crippen LogP contribution is 2.16. The fraction of sp³-hybridized carbons (Fsp3) is 0.176. The largest absolute Gasteiger partial charge is 0.350 e. The first-order valence-corrected chi connectivity index (χ1v) is 7.04. The average molecular weight is 308 g/mol. The van der Waals surface area contributed by atoms with Gasteiger partial charge >= 0.3 is 0 Å². The van der Waals surface area contributed by atoms with Gasteiger partial charge in [-0.15, -0.1) is 0 Å². The molecular weight excluding hydrogens is 292 g/mol. The number of pyridine rings is 1. The summed E-state index contributed by atoms with van der Waals surface area (Å²) in [5.74, 6) is -0.543. The van der Waals surface area contributed by atoms with E-state index in [0.717, 1.165) is 5.56 Å². The summed E-state index contributed by atoms with van der Waals surface area (Å²) in [6.45, 7) is 1.65. The molecule has 1 aromatic heterocycles. The summed E-state index contributed by atoms with van der Waals surface area (Å²) in [4.78, 5) is 29.1. The second kappa shape index (κ2) is 7.71. The third-order valence-electron chi connectivity index (χ3n) is 3.21. The van der Waals surface area contributed by atoms with E-state index in [2.05, 4.69) is 10.3 Å². The van der Waals surface area contributed by atoms with E-state index in [0.29, 0.717) is 17.8 Å². The van der Waals surface area contributed by atoms with E-state index in [1.54, 1.807) is 48.8 Å². The Kier molecular flexibility index (Phi) is 5.42. The van der Waals surface area contributed by atoms with Crippen molar-refractivity contribution in [2.45, 2.75) is 13.5 Å². The molecule has 0 atom stereocenters. The van der Waals surface area contributed by atoms with Gasteiger partial charge in [-0.3, -0.25) is 14.6 Å². The van der Waals surface area contributed by atoms with Crippen molar-refractivity contribution in [2.75, 3.05) is 11.4 Å². The molecule has 1 aromatic carbocycles. The maximum atomic E-state index is 12.1. The number of anilines is 1. The molecule has 0 fully saturated rings. The van der Waals surface area contributed by atoms with Crippen molar-refractivity contribution in [3.05, 3.63) is 59.9 Å². The van der Waals surface area contributed by atoms with Crippen molar-refractivity contribution in [1.82, 2.24) is 10.3 Å². The first kappa shape index (κ1) is 16.2. The maximum Gasteiger partial charge on any atom is 0.240 e. The Morgan fingerprint density at radius 2 is 2.00 bits per heavy atom. The van der Waals surface area contributed by atoms with Crippen LogP contribution in [-0.2, 0) is 16.1 Å². The monoisotopic (exact) mass is 308 g/mol. The Morgan fingerprint density at radius 3 is 2.65 bits per heavy atom. The van der Waals surface area contributed by atoms with E-state index in [1.807, 2.05) is 6.07 Å². The molecule has 1 N–H and O–H groups in total. The van der Waals surface area contributed by atoms with Gasteiger partial charge in [-0.2, -0.15) is 5.26 Å². The lowest BCUT2D eigenvalue weighted by molar-refractivity contribution is -0.123. The molecule has 0 spiro atoms. The molecule has 2 rings (SSSR count). The van der Waals surface area contributed by atoms with Gasteiger partial charge in [-0.05, 0) is 35.9 Å². The van der Waals surface area contributed by atoms with Crippen LogP contribution in [0.4, 0.5) is 5.69 Å². The molecule has 6 nitrogen and oxygen atoms in total. The Balaban J connectivity index is 2.03. The molecule has 0 radical (unpaired) electrons. The number of rotatable bonds is 5. The van der Waals surface area contributed by atoms with Crippen LogP contribution in [0.5, 0.6) is 0 Å². The van der Waals surface area contributed by atoms with Crippen molar-refractivity contribution in [3.8, 4) is 6.07 Å². The summed E-state index contributed by atoms with van der Waals surface area (Å²) >= 11 is 0. The second-order valence-electron chi connectivity index (χ2n) is 4.90. The molecule has 6 heteroatoms. The van der Waals surface area contributed by atoms with Crippen LogP contribution in [0.1, 0.15) is 18.1 Å². The van der Waals surface area contributed by atoms with Crippen LogP contribution in [0.2, 0.25) is 0 Å². The van der Waals surface area contributed by atoms with Crippen LogP contribution in [0, 0.1) is 11.3 Å². The van der Waals surface area contributed by atoms with Crippen molar-refractivity contribution in [3.63, 3.8) is 0 Å². The highest BCUT2D eigenvalue weighted by Gasteiger charge is 2.16. The fourth-order valence-corrected chi connectivity index (χ4v) is 2.03. The highest BCUT2D eigenvalue weighted by molar-refractivity contribution is 5.97. The number of benzene rings is 1. The minimum Gasteiger partial charge on any atom is -0.350 e. The van der Waals surface area contributed by atoms with Crippen molar-refractivity contribution in [2.24, 2.45) is 0 Å². The van der Waals surface area contributed by atoms with Gasteiger partial charge in [0.2, 0.25) is 11.8 Å². The smallest absolute Gasteiger partial charge is 0.240 e. The number of nitrogens with zero attached hydrogens (tertiary/aromatic N) is 3. The number of nitriles is 1. The maximum absolute atomic E-state index is 12.1. The van der Waals surface area contributed by atoms with Crippen LogP contribution in [-0.4, -0.2) is 23.3 Å². The van der Waals surface area contributed by atoms with Crippen molar-refractivity contribution in [1.29, 1.82) is 5.26 Å². The number of hydrogen-bond donors (Lipinski definition) is 1. The lowest BCUT2D eigenvalue weighted by Gasteiger charge is -2.20. The van der Waals surface area contributed by atoms with Gasteiger partial charge in [0.1, 0.15) is 6.54 Å². The number of carbonyl (C=O) groups excluding carboxylic acids is 2. The van der Waals surface area contributed by atoms with Crippen LogP contribution < -0.4 is 10.2 Å². The van der Waals surface area contributed by atoms with Crippen LogP contribution in [0.3, 0.4) is 0 Å². The molecule has 0 aliphatic carbocycles. The highest BCUT2D eigenvalue weighted by atomic mass is 16.2. The first-order chi connectivity index (χ1) is 11.1. The molecule has 2 amide bonds. The zero-order valence-corrected chi connectivity index (χ0v) is 12.7. The summed E-state index contributed by atoms with van der Waals surface area (Å²) in [7, 11) is 0. The van der Waals surface area contributed by atoms with Gasteiger partial charge in [-0.1, -0.05) is 6.07 Å². The predicted octanol–water partition coefficient (Wildman–Crippen LogP) is 1.62. The zero-order chi connectivity index (χ0) is 16.7. The number of nitrogens with one attached hydrogen (secondary N) is 1. The number of aromatic nitrogens is 1. The van der Waals surface area contributed by atoms with Gasteiger partial charge in [0.25, 0.3) is 0 Å². The third kappa shape index (κ3) is 4.64. The molecule has 0 saturated heterocycles. The SMILES string of the molecule is CC(=O)N(CC(=O)NCc1ccncc1)c1cccc(C#N)c1. The predicted molar refractivity (Wildman–Crippen MR) is 85.3 cm³/mol. The summed E-state index contributed by atoms with van der Waals surface area (Å²) in [5, 5.41) is 11.7. The number of carbonyl (C=O) groups is 2. The van der Waals surface area contributed by atoms with Gasteiger partial charge in [0, 0.05) is 31.5 Å². The standard InChI is InChI=1S/C17H16N4O2/c1-13(22)21(16-4-2-3-15(9-16)10-18)12-17(23)20-11-14-5-7-19-8-6-14/h2-9H,11-12H2,1H3,(H,20,23). The molecule has 0 aliphatic heterocycles. The lowest BCUT2D eigenvalue weighted by atomic mass is 10.2. The van der Waals surface area contributed by atoms with Crippen LogP contribution in [0.25, 0.3) is 0 Å². The fourth-order valence-electron chi connectivity index (χ4n) is 2.03. The van der Waals surface area contributed by atoms with Crippen molar-refractivity contribution < 1.29 is 9.59 Å². The minimum atomic E-state index is -0.278. The number of hydrogen-bond acceptors (Lipinski definition) is 4. The van der Waals surface area contributed by atoms with E-state index in [9.17, 15) is 9.59 Å². The van der Waals surface area contributed by atoms with Crippen LogP contribution in [0.15, 0.2) is 48.8 Å². The molecule has 0 saturated carbocycles. The van der Waals surface area contributed by atoms with Crippen molar-refractivity contribution >= 4 is 17.5 Å². The number of amides is 2. The van der Waals surface area contributed by atoms with E-state index in [4.69, 9.17) is 5.26 Å². The van der Waals surface area contributed by atoms with Gasteiger partial charge in [0.05, 0.1) is 11.6 Å². The Hall–Kier alpha value is -3.20. The van der Waals surface area contributed by atoms with Gasteiger partial charge in [-0.25, -0.2) is 0 Å². The van der Waals surface area contributed by atoms with E-state index >= 15 is 0 Å². The normalized spacial score (nSPS) is 9.74. The molecule has 0 unspecified atom stereocenters. The van der Waals surface area contributed by atoms with E-state index in [-0.39, 0.29) is 18.4 Å². The Morgan fingerprint density at radius 1 is 1.26 bits per heavy atom.